The lowest BCUT2D eigenvalue weighted by atomic mass is 9.87. The van der Waals surface area contributed by atoms with Gasteiger partial charge in [-0.25, -0.2) is 8.42 Å². The highest BCUT2D eigenvalue weighted by molar-refractivity contribution is 7.94. The van der Waals surface area contributed by atoms with Gasteiger partial charge in [-0.05, 0) is 30.0 Å². The van der Waals surface area contributed by atoms with Gasteiger partial charge in [0.2, 0.25) is 10.0 Å². The fraction of sp³-hybridized carbons (Fsp3) is 0.429. The molecule has 0 aromatic heterocycles. The van der Waals surface area contributed by atoms with Crippen molar-refractivity contribution in [3.8, 4) is 0 Å². The van der Waals surface area contributed by atoms with Crippen LogP contribution in [0.5, 0.6) is 0 Å². The molecular formula is C21H26N2O3S. The van der Waals surface area contributed by atoms with Gasteiger partial charge in [0.25, 0.3) is 0 Å². The lowest BCUT2D eigenvalue weighted by Crippen LogP contribution is -2.48. The Balaban J connectivity index is 1.59. The third kappa shape index (κ3) is 3.06. The smallest absolute Gasteiger partial charge is 0.245 e. The molecule has 0 radical (unpaired) electrons. The number of sulfonamides is 1. The van der Waals surface area contributed by atoms with Gasteiger partial charge in [0.05, 0.1) is 18.8 Å². The molecule has 2 heterocycles. The van der Waals surface area contributed by atoms with Crippen molar-refractivity contribution in [1.82, 2.24) is 4.90 Å². The zero-order valence-electron chi connectivity index (χ0n) is 15.7. The molecule has 2 aromatic carbocycles. The third-order valence-electron chi connectivity index (χ3n) is 5.86. The van der Waals surface area contributed by atoms with Crippen LogP contribution in [0.4, 0.5) is 5.69 Å². The Bertz CT molecular complexity index is 891. The van der Waals surface area contributed by atoms with Gasteiger partial charge in [0, 0.05) is 26.7 Å². The van der Waals surface area contributed by atoms with E-state index in [2.05, 4.69) is 17.0 Å². The molecule has 0 atom stereocenters. The first-order valence-electron chi connectivity index (χ1n) is 9.45. The molecule has 0 N–H and O–H groups in total. The zero-order chi connectivity index (χ0) is 18.9. The Hall–Kier alpha value is -1.89. The molecule has 1 saturated heterocycles. The fourth-order valence-electron chi connectivity index (χ4n) is 4.41. The average Bonchev–Trinajstić information content (AvgIpc) is 2.87. The highest BCUT2D eigenvalue weighted by atomic mass is 32.2. The highest BCUT2D eigenvalue weighted by Gasteiger charge is 2.56. The number of para-hydroxylation sites is 1. The summed E-state index contributed by atoms with van der Waals surface area (Å²) < 4.78 is 33.0. The second-order valence-corrected chi connectivity index (χ2v) is 9.52. The quantitative estimate of drug-likeness (QED) is 0.793. The number of fused-ring (bicyclic) bond motifs is 2. The van der Waals surface area contributed by atoms with Crippen LogP contribution in [-0.4, -0.2) is 46.7 Å². The molecule has 4 rings (SSSR count). The second-order valence-electron chi connectivity index (χ2n) is 7.34. The molecule has 1 spiro atoms. The van der Waals surface area contributed by atoms with E-state index in [9.17, 15) is 8.42 Å². The highest BCUT2D eigenvalue weighted by Crippen LogP contribution is 2.52. The van der Waals surface area contributed by atoms with Crippen molar-refractivity contribution < 1.29 is 13.2 Å². The molecule has 1 fully saturated rings. The first-order chi connectivity index (χ1) is 13.1. The van der Waals surface area contributed by atoms with Crippen LogP contribution in [0.2, 0.25) is 0 Å². The average molecular weight is 387 g/mol. The molecule has 2 aromatic rings. The third-order valence-corrected chi connectivity index (χ3v) is 8.43. The Morgan fingerprint density at radius 1 is 1.00 bits per heavy atom. The first-order valence-corrected chi connectivity index (χ1v) is 10.9. The maximum atomic E-state index is 13.5. The summed E-state index contributed by atoms with van der Waals surface area (Å²) in [5.74, 6) is 0. The monoisotopic (exact) mass is 386 g/mol. The van der Waals surface area contributed by atoms with E-state index in [4.69, 9.17) is 4.74 Å². The second kappa shape index (κ2) is 7.26. The van der Waals surface area contributed by atoms with Crippen molar-refractivity contribution in [3.63, 3.8) is 0 Å². The number of rotatable bonds is 5. The SMILES string of the molecule is COCCN1c2ccccc2C2(CCN(Cc3ccccc3)CC2)S1(=O)=O. The summed E-state index contributed by atoms with van der Waals surface area (Å²) in [6, 6.07) is 18.1. The van der Waals surface area contributed by atoms with Gasteiger partial charge >= 0.3 is 0 Å². The van der Waals surface area contributed by atoms with E-state index >= 15 is 0 Å². The Morgan fingerprint density at radius 2 is 1.67 bits per heavy atom. The van der Waals surface area contributed by atoms with Crippen LogP contribution in [0.3, 0.4) is 0 Å². The van der Waals surface area contributed by atoms with E-state index in [1.54, 1.807) is 11.4 Å². The molecule has 6 heteroatoms. The number of benzene rings is 2. The van der Waals surface area contributed by atoms with Crippen molar-refractivity contribution in [3.05, 3.63) is 65.7 Å². The molecule has 0 aliphatic carbocycles. The van der Waals surface area contributed by atoms with Gasteiger partial charge in [-0.2, -0.15) is 0 Å². The summed E-state index contributed by atoms with van der Waals surface area (Å²) in [5, 5.41) is 0. The first kappa shape index (κ1) is 18.5. The predicted molar refractivity (Wildman–Crippen MR) is 107 cm³/mol. The number of likely N-dealkylation sites (tertiary alicyclic amines) is 1. The van der Waals surface area contributed by atoms with Crippen LogP contribution in [0.1, 0.15) is 24.0 Å². The van der Waals surface area contributed by atoms with E-state index in [1.807, 2.05) is 42.5 Å². The number of hydrogen-bond acceptors (Lipinski definition) is 4. The number of nitrogens with zero attached hydrogens (tertiary/aromatic N) is 2. The predicted octanol–water partition coefficient (Wildman–Crippen LogP) is 2.97. The molecule has 144 valence electrons. The van der Waals surface area contributed by atoms with Crippen molar-refractivity contribution in [2.24, 2.45) is 0 Å². The standard InChI is InChI=1S/C21H26N2O3S/c1-26-16-15-23-20-10-6-5-9-19(20)21(27(23,24)25)11-13-22(14-12-21)17-18-7-3-2-4-8-18/h2-10H,11-17H2,1H3. The lowest BCUT2D eigenvalue weighted by Gasteiger charge is -2.39. The zero-order valence-corrected chi connectivity index (χ0v) is 16.5. The van der Waals surface area contributed by atoms with Crippen LogP contribution >= 0.6 is 0 Å². The Labute approximate surface area is 161 Å². The Morgan fingerprint density at radius 3 is 2.37 bits per heavy atom. The largest absolute Gasteiger partial charge is 0.383 e. The molecule has 0 bridgehead atoms. The van der Waals surface area contributed by atoms with Crippen molar-refractivity contribution >= 4 is 15.7 Å². The van der Waals surface area contributed by atoms with Crippen molar-refractivity contribution in [2.75, 3.05) is 37.7 Å². The minimum Gasteiger partial charge on any atom is -0.383 e. The van der Waals surface area contributed by atoms with Crippen molar-refractivity contribution in [1.29, 1.82) is 0 Å². The van der Waals surface area contributed by atoms with E-state index in [0.717, 1.165) is 30.9 Å². The summed E-state index contributed by atoms with van der Waals surface area (Å²) in [4.78, 5) is 2.36. The number of anilines is 1. The lowest BCUT2D eigenvalue weighted by molar-refractivity contribution is 0.189. The van der Waals surface area contributed by atoms with Gasteiger partial charge in [0.15, 0.2) is 0 Å². The van der Waals surface area contributed by atoms with E-state index in [0.29, 0.717) is 26.0 Å². The fourth-order valence-corrected chi connectivity index (χ4v) is 6.72. The number of methoxy groups -OCH3 is 1. The van der Waals surface area contributed by atoms with Gasteiger partial charge in [-0.3, -0.25) is 9.21 Å². The molecule has 0 amide bonds. The van der Waals surface area contributed by atoms with Crippen molar-refractivity contribution in [2.45, 2.75) is 24.1 Å². The Kier molecular flexibility index (Phi) is 4.97. The summed E-state index contributed by atoms with van der Waals surface area (Å²) in [5.41, 5.74) is 3.05. The minimum atomic E-state index is -3.45. The topological polar surface area (TPSA) is 49.9 Å². The van der Waals surface area contributed by atoms with Crippen LogP contribution in [0.15, 0.2) is 54.6 Å². The number of ether oxygens (including phenoxy) is 1. The number of hydrogen-bond donors (Lipinski definition) is 0. The molecule has 27 heavy (non-hydrogen) atoms. The summed E-state index contributed by atoms with van der Waals surface area (Å²) in [7, 11) is -1.85. The van der Waals surface area contributed by atoms with Crippen LogP contribution in [0.25, 0.3) is 0 Å². The van der Waals surface area contributed by atoms with Gasteiger partial charge in [0.1, 0.15) is 4.75 Å². The normalized spacial score (nSPS) is 20.7. The van der Waals surface area contributed by atoms with Crippen LogP contribution in [-0.2, 0) is 26.1 Å². The van der Waals surface area contributed by atoms with Crippen LogP contribution in [0, 0.1) is 0 Å². The molecule has 2 aliphatic rings. The summed E-state index contributed by atoms with van der Waals surface area (Å²) in [6.07, 6.45) is 1.26. The maximum absolute atomic E-state index is 13.5. The molecule has 0 unspecified atom stereocenters. The van der Waals surface area contributed by atoms with Gasteiger partial charge in [-0.15, -0.1) is 0 Å². The van der Waals surface area contributed by atoms with E-state index in [1.165, 1.54) is 5.56 Å². The maximum Gasteiger partial charge on any atom is 0.245 e. The molecule has 0 saturated carbocycles. The molecular weight excluding hydrogens is 360 g/mol. The molecule has 5 nitrogen and oxygen atoms in total. The van der Waals surface area contributed by atoms with E-state index in [-0.39, 0.29) is 0 Å². The molecule has 2 aliphatic heterocycles. The van der Waals surface area contributed by atoms with E-state index < -0.39 is 14.8 Å². The number of piperidine rings is 1. The van der Waals surface area contributed by atoms with Gasteiger partial charge < -0.3 is 4.74 Å². The summed E-state index contributed by atoms with van der Waals surface area (Å²) in [6.45, 7) is 3.18. The van der Waals surface area contributed by atoms with Crippen LogP contribution < -0.4 is 4.31 Å². The van der Waals surface area contributed by atoms with Gasteiger partial charge in [-0.1, -0.05) is 48.5 Å². The minimum absolute atomic E-state index is 0.366. The summed E-state index contributed by atoms with van der Waals surface area (Å²) >= 11 is 0.